The van der Waals surface area contributed by atoms with Crippen LogP contribution in [-0.4, -0.2) is 42.0 Å². The second-order valence-corrected chi connectivity index (χ2v) is 8.58. The van der Waals surface area contributed by atoms with Gasteiger partial charge in [0, 0.05) is 37.6 Å². The molecule has 0 atom stereocenters. The number of piperidine rings is 1. The first kappa shape index (κ1) is 23.1. The van der Waals surface area contributed by atoms with E-state index in [9.17, 15) is 0 Å². The molecule has 0 bridgehead atoms. The Morgan fingerprint density at radius 2 is 1.93 bits per heavy atom. The van der Waals surface area contributed by atoms with E-state index in [1.807, 2.05) is 7.05 Å². The van der Waals surface area contributed by atoms with E-state index in [1.54, 1.807) is 11.3 Å². The number of hydrogen-bond acceptors (Lipinski definition) is 4. The van der Waals surface area contributed by atoms with Crippen molar-refractivity contribution in [2.45, 2.75) is 52.7 Å². The molecule has 1 fully saturated rings. The van der Waals surface area contributed by atoms with Crippen LogP contribution in [0.4, 0.5) is 0 Å². The molecule has 0 unspecified atom stereocenters. The fraction of sp³-hybridized carbons (Fsp3) is 0.524. The smallest absolute Gasteiger partial charge is 0.191 e. The van der Waals surface area contributed by atoms with Gasteiger partial charge in [-0.05, 0) is 44.7 Å². The maximum Gasteiger partial charge on any atom is 0.191 e. The van der Waals surface area contributed by atoms with E-state index < -0.39 is 0 Å². The van der Waals surface area contributed by atoms with Crippen molar-refractivity contribution < 1.29 is 0 Å². The highest BCUT2D eigenvalue weighted by Crippen LogP contribution is 2.17. The monoisotopic (exact) mass is 513 g/mol. The van der Waals surface area contributed by atoms with E-state index in [0.29, 0.717) is 6.04 Å². The van der Waals surface area contributed by atoms with Crippen LogP contribution in [0.25, 0.3) is 0 Å². The molecule has 28 heavy (non-hydrogen) atoms. The first-order valence-electron chi connectivity index (χ1n) is 9.72. The Bertz CT molecular complexity index is 761. The minimum Gasteiger partial charge on any atom is -0.354 e. The van der Waals surface area contributed by atoms with Gasteiger partial charge in [0.15, 0.2) is 5.96 Å². The largest absolute Gasteiger partial charge is 0.354 e. The molecule has 1 aromatic heterocycles. The Morgan fingerprint density at radius 3 is 2.54 bits per heavy atom. The van der Waals surface area contributed by atoms with Crippen LogP contribution in [0.3, 0.4) is 0 Å². The minimum absolute atomic E-state index is 0. The van der Waals surface area contributed by atoms with Crippen molar-refractivity contribution in [3.63, 3.8) is 0 Å². The lowest BCUT2D eigenvalue weighted by Gasteiger charge is -2.33. The molecule has 0 saturated carbocycles. The average molecular weight is 513 g/mol. The molecule has 1 aliphatic rings. The van der Waals surface area contributed by atoms with Crippen LogP contribution >= 0.6 is 35.3 Å². The third-order valence-electron chi connectivity index (χ3n) is 5.29. The van der Waals surface area contributed by atoms with Crippen LogP contribution in [0, 0.1) is 20.8 Å². The van der Waals surface area contributed by atoms with Gasteiger partial charge in [0.1, 0.15) is 5.01 Å². The van der Waals surface area contributed by atoms with Gasteiger partial charge >= 0.3 is 0 Å². The van der Waals surface area contributed by atoms with Crippen LogP contribution in [0.2, 0.25) is 0 Å². The number of guanidine groups is 1. The number of nitrogens with zero attached hydrogens (tertiary/aromatic N) is 3. The predicted molar refractivity (Wildman–Crippen MR) is 130 cm³/mol. The highest BCUT2D eigenvalue weighted by atomic mass is 127. The molecule has 0 spiro atoms. The summed E-state index contributed by atoms with van der Waals surface area (Å²) in [7, 11) is 1.83. The van der Waals surface area contributed by atoms with Crippen LogP contribution < -0.4 is 10.6 Å². The third-order valence-corrected chi connectivity index (χ3v) is 6.36. The van der Waals surface area contributed by atoms with Crippen molar-refractivity contribution in [1.82, 2.24) is 20.5 Å². The van der Waals surface area contributed by atoms with Crippen LogP contribution in [0.15, 0.2) is 29.3 Å². The summed E-state index contributed by atoms with van der Waals surface area (Å²) < 4.78 is 0. The van der Waals surface area contributed by atoms with Crippen molar-refractivity contribution >= 4 is 41.3 Å². The molecule has 7 heteroatoms. The zero-order chi connectivity index (χ0) is 19.2. The molecule has 2 aromatic rings. The molecule has 0 aliphatic carbocycles. The summed E-state index contributed by atoms with van der Waals surface area (Å²) in [4.78, 5) is 12.8. The lowest BCUT2D eigenvalue weighted by Crippen LogP contribution is -2.48. The van der Waals surface area contributed by atoms with Crippen molar-refractivity contribution in [2.24, 2.45) is 4.99 Å². The standard InChI is InChI=1S/C21H31N5S.HI/c1-15-7-5-6-8-18(15)14-26-11-9-19(10-12-26)25-21(22-4)23-13-20-24-16(2)17(3)27-20;/h5-8,19H,9-14H2,1-4H3,(H2,22,23,25);1H. The lowest BCUT2D eigenvalue weighted by atomic mass is 10.0. The highest BCUT2D eigenvalue weighted by molar-refractivity contribution is 14.0. The van der Waals surface area contributed by atoms with Gasteiger partial charge in [-0.2, -0.15) is 0 Å². The quantitative estimate of drug-likeness (QED) is 0.361. The fourth-order valence-corrected chi connectivity index (χ4v) is 4.30. The van der Waals surface area contributed by atoms with E-state index in [4.69, 9.17) is 0 Å². The summed E-state index contributed by atoms with van der Waals surface area (Å²) >= 11 is 1.75. The summed E-state index contributed by atoms with van der Waals surface area (Å²) in [6, 6.07) is 9.17. The third kappa shape index (κ3) is 6.42. The molecule has 1 saturated heterocycles. The number of aliphatic imine (C=N–C) groups is 1. The highest BCUT2D eigenvalue weighted by Gasteiger charge is 2.20. The number of aromatic nitrogens is 1. The fourth-order valence-electron chi connectivity index (χ4n) is 3.43. The Balaban J connectivity index is 0.00000280. The SMILES string of the molecule is CN=C(NCc1nc(C)c(C)s1)NC1CCN(Cc2ccccc2C)CC1.I. The Hall–Kier alpha value is -1.19. The summed E-state index contributed by atoms with van der Waals surface area (Å²) in [5.41, 5.74) is 3.95. The molecule has 2 N–H and O–H groups in total. The summed E-state index contributed by atoms with van der Waals surface area (Å²) in [5.74, 6) is 0.873. The van der Waals surface area contributed by atoms with E-state index in [2.05, 4.69) is 70.5 Å². The topological polar surface area (TPSA) is 52.6 Å². The predicted octanol–water partition coefficient (Wildman–Crippen LogP) is 4.02. The zero-order valence-electron chi connectivity index (χ0n) is 17.3. The number of likely N-dealkylation sites (tertiary alicyclic amines) is 1. The number of thiazole rings is 1. The first-order chi connectivity index (χ1) is 13.0. The molecule has 0 radical (unpaired) electrons. The summed E-state index contributed by atoms with van der Waals surface area (Å²) in [6.45, 7) is 10.4. The Morgan fingerprint density at radius 1 is 1.21 bits per heavy atom. The second kappa shape index (κ2) is 11.1. The number of rotatable bonds is 5. The van der Waals surface area contributed by atoms with Gasteiger partial charge in [0.2, 0.25) is 0 Å². The number of nitrogens with one attached hydrogen (secondary N) is 2. The van der Waals surface area contributed by atoms with Crippen LogP contribution in [0.1, 0.15) is 39.5 Å². The van der Waals surface area contributed by atoms with Crippen LogP contribution in [-0.2, 0) is 13.1 Å². The second-order valence-electron chi connectivity index (χ2n) is 7.30. The zero-order valence-corrected chi connectivity index (χ0v) is 20.4. The van der Waals surface area contributed by atoms with Gasteiger partial charge < -0.3 is 10.6 Å². The number of aryl methyl sites for hydroxylation is 3. The van der Waals surface area contributed by atoms with Gasteiger partial charge in [-0.3, -0.25) is 9.89 Å². The Kier molecular flexibility index (Phi) is 9.17. The van der Waals surface area contributed by atoms with E-state index in [1.165, 1.54) is 16.0 Å². The van der Waals surface area contributed by atoms with Gasteiger partial charge in [0.05, 0.1) is 12.2 Å². The van der Waals surface area contributed by atoms with Gasteiger partial charge in [-0.1, -0.05) is 24.3 Å². The van der Waals surface area contributed by atoms with Crippen molar-refractivity contribution in [2.75, 3.05) is 20.1 Å². The molecule has 3 rings (SSSR count). The molecule has 0 amide bonds. The molecule has 154 valence electrons. The van der Waals surface area contributed by atoms with E-state index in [-0.39, 0.29) is 24.0 Å². The molecular weight excluding hydrogens is 481 g/mol. The molecule has 2 heterocycles. The lowest BCUT2D eigenvalue weighted by molar-refractivity contribution is 0.198. The molecule has 1 aliphatic heterocycles. The minimum atomic E-state index is 0. The van der Waals surface area contributed by atoms with Gasteiger partial charge in [-0.15, -0.1) is 35.3 Å². The molecule has 5 nitrogen and oxygen atoms in total. The maximum atomic E-state index is 4.59. The first-order valence-corrected chi connectivity index (χ1v) is 10.5. The summed E-state index contributed by atoms with van der Waals surface area (Å²) in [6.07, 6.45) is 2.28. The molecule has 1 aromatic carbocycles. The Labute approximate surface area is 190 Å². The summed E-state index contributed by atoms with van der Waals surface area (Å²) in [5, 5.41) is 8.10. The van der Waals surface area contributed by atoms with E-state index >= 15 is 0 Å². The maximum absolute atomic E-state index is 4.59. The van der Waals surface area contributed by atoms with E-state index in [0.717, 1.165) is 55.7 Å². The number of hydrogen-bond donors (Lipinski definition) is 2. The van der Waals surface area contributed by atoms with Gasteiger partial charge in [0.25, 0.3) is 0 Å². The average Bonchev–Trinajstić information content (AvgIpc) is 2.99. The van der Waals surface area contributed by atoms with Crippen LogP contribution in [0.5, 0.6) is 0 Å². The van der Waals surface area contributed by atoms with Crippen molar-refractivity contribution in [3.05, 3.63) is 51.0 Å². The number of halogens is 1. The van der Waals surface area contributed by atoms with Crippen molar-refractivity contribution in [1.29, 1.82) is 0 Å². The van der Waals surface area contributed by atoms with Crippen molar-refractivity contribution in [3.8, 4) is 0 Å². The number of benzene rings is 1. The van der Waals surface area contributed by atoms with Gasteiger partial charge in [-0.25, -0.2) is 4.98 Å². The molecular formula is C21H32IN5S. The normalized spacial score (nSPS) is 15.9.